The molecule has 1 aliphatic heterocycles. The lowest BCUT2D eigenvalue weighted by atomic mass is 10.0. The van der Waals surface area contributed by atoms with Gasteiger partial charge in [-0.25, -0.2) is 9.07 Å². The van der Waals surface area contributed by atoms with E-state index >= 15 is 4.39 Å². The molecule has 0 fully saturated rings. The van der Waals surface area contributed by atoms with Gasteiger partial charge in [0.25, 0.3) is 0 Å². The van der Waals surface area contributed by atoms with Gasteiger partial charge in [-0.3, -0.25) is 14.7 Å². The molecule has 10 nitrogen and oxygen atoms in total. The summed E-state index contributed by atoms with van der Waals surface area (Å²) in [6.45, 7) is 9.94. The van der Waals surface area contributed by atoms with E-state index in [0.717, 1.165) is 16.6 Å². The maximum atomic E-state index is 15.3. The Morgan fingerprint density at radius 2 is 2.08 bits per heavy atom. The molecule has 4 aromatic rings. The van der Waals surface area contributed by atoms with Crippen molar-refractivity contribution in [1.82, 2.24) is 34.7 Å². The van der Waals surface area contributed by atoms with Crippen molar-refractivity contribution in [2.45, 2.75) is 52.9 Å². The highest BCUT2D eigenvalue weighted by Crippen LogP contribution is 2.36. The smallest absolute Gasteiger partial charge is 0.240 e. The fourth-order valence-corrected chi connectivity index (χ4v) is 5.00. The number of aliphatic hydroxyl groups excluding tert-OH is 1. The van der Waals surface area contributed by atoms with Crippen molar-refractivity contribution in [3.63, 3.8) is 0 Å². The van der Waals surface area contributed by atoms with Crippen LogP contribution in [-0.2, 0) is 20.1 Å². The summed E-state index contributed by atoms with van der Waals surface area (Å²) in [4.78, 5) is 2.31. The maximum Gasteiger partial charge on any atom is 0.240 e. The zero-order chi connectivity index (χ0) is 27.0. The summed E-state index contributed by atoms with van der Waals surface area (Å²) in [7, 11) is 1.79. The van der Waals surface area contributed by atoms with Crippen LogP contribution in [-0.4, -0.2) is 71.7 Å². The molecule has 1 aliphatic rings. The average molecular weight is 524 g/mol. The number of aryl methyl sites for hydroxylation is 1. The Morgan fingerprint density at radius 1 is 1.26 bits per heavy atom. The summed E-state index contributed by atoms with van der Waals surface area (Å²) in [5.41, 5.74) is 3.96. The maximum absolute atomic E-state index is 15.3. The van der Waals surface area contributed by atoms with Gasteiger partial charge in [0, 0.05) is 42.7 Å². The molecule has 1 atom stereocenters. The first-order valence-corrected chi connectivity index (χ1v) is 12.9. The van der Waals surface area contributed by atoms with Crippen LogP contribution in [0.5, 0.6) is 11.8 Å². The molecule has 0 saturated carbocycles. The van der Waals surface area contributed by atoms with Crippen LogP contribution >= 0.6 is 0 Å². The lowest BCUT2D eigenvalue weighted by molar-refractivity contribution is 0.102. The average Bonchev–Trinajstić information content (AvgIpc) is 3.54. The van der Waals surface area contributed by atoms with Crippen LogP contribution in [0.4, 0.5) is 4.39 Å². The van der Waals surface area contributed by atoms with Crippen LogP contribution in [0, 0.1) is 5.82 Å². The Bertz CT molecular complexity index is 1470. The van der Waals surface area contributed by atoms with Crippen LogP contribution in [0.2, 0.25) is 0 Å². The van der Waals surface area contributed by atoms with Crippen molar-refractivity contribution in [1.29, 1.82) is 0 Å². The minimum Gasteiger partial charge on any atom is -0.476 e. The minimum atomic E-state index is -0.387. The normalized spacial score (nSPS) is 17.2. The largest absolute Gasteiger partial charge is 0.476 e. The predicted molar refractivity (Wildman–Crippen MR) is 143 cm³/mol. The highest BCUT2D eigenvalue weighted by Gasteiger charge is 2.26. The van der Waals surface area contributed by atoms with Crippen LogP contribution in [0.1, 0.15) is 44.6 Å². The summed E-state index contributed by atoms with van der Waals surface area (Å²) in [6.07, 6.45) is 5.46. The van der Waals surface area contributed by atoms with Gasteiger partial charge in [0.05, 0.1) is 54.0 Å². The fourth-order valence-electron chi connectivity index (χ4n) is 5.00. The zero-order valence-electron chi connectivity index (χ0n) is 22.4. The van der Waals surface area contributed by atoms with Gasteiger partial charge in [-0.15, -0.1) is 5.10 Å². The van der Waals surface area contributed by atoms with E-state index < -0.39 is 0 Å². The monoisotopic (exact) mass is 523 g/mol. The van der Waals surface area contributed by atoms with E-state index in [0.29, 0.717) is 60.4 Å². The second-order valence-corrected chi connectivity index (χ2v) is 9.78. The number of hydrogen-bond donors (Lipinski definition) is 2. The molecule has 0 amide bonds. The Balaban J connectivity index is 1.73. The number of aromatic nitrogens is 6. The van der Waals surface area contributed by atoms with E-state index in [9.17, 15) is 5.11 Å². The van der Waals surface area contributed by atoms with Crippen molar-refractivity contribution in [2.24, 2.45) is 7.05 Å². The second kappa shape index (κ2) is 10.6. The molecule has 2 bridgehead atoms. The van der Waals surface area contributed by atoms with Gasteiger partial charge in [0.2, 0.25) is 11.8 Å². The molecule has 1 aromatic carbocycles. The van der Waals surface area contributed by atoms with Crippen LogP contribution in [0.15, 0.2) is 18.3 Å². The van der Waals surface area contributed by atoms with Gasteiger partial charge in [-0.1, -0.05) is 0 Å². The summed E-state index contributed by atoms with van der Waals surface area (Å²) in [5, 5.41) is 26.9. The van der Waals surface area contributed by atoms with Crippen LogP contribution < -0.4 is 9.47 Å². The number of H-pyrrole nitrogens is 1. The van der Waals surface area contributed by atoms with Crippen LogP contribution in [0.25, 0.3) is 34.2 Å². The number of ether oxygens (including phenoxy) is 2. The van der Waals surface area contributed by atoms with Gasteiger partial charge >= 0.3 is 0 Å². The molecule has 0 saturated heterocycles. The first kappa shape index (κ1) is 25.9. The Labute approximate surface area is 220 Å². The number of aromatic amines is 1. The van der Waals surface area contributed by atoms with E-state index in [1.807, 2.05) is 19.1 Å². The quantitative estimate of drug-likeness (QED) is 0.409. The van der Waals surface area contributed by atoms with Crippen molar-refractivity contribution >= 4 is 23.1 Å². The third-order valence-corrected chi connectivity index (χ3v) is 6.94. The number of hydrogen-bond acceptors (Lipinski definition) is 7. The third kappa shape index (κ3) is 4.67. The van der Waals surface area contributed by atoms with Crippen molar-refractivity contribution < 1.29 is 19.0 Å². The molecule has 11 heteroatoms. The van der Waals surface area contributed by atoms with E-state index in [1.165, 1.54) is 6.07 Å². The highest BCUT2D eigenvalue weighted by molar-refractivity contribution is 5.93. The van der Waals surface area contributed by atoms with Crippen molar-refractivity contribution in [2.75, 3.05) is 19.8 Å². The zero-order valence-corrected chi connectivity index (χ0v) is 22.4. The molecule has 3 aromatic heterocycles. The molecular formula is C27H34FN7O3. The number of benzene rings is 1. The van der Waals surface area contributed by atoms with Gasteiger partial charge in [0.1, 0.15) is 12.4 Å². The van der Waals surface area contributed by atoms with Crippen molar-refractivity contribution in [3.05, 3.63) is 41.1 Å². The summed E-state index contributed by atoms with van der Waals surface area (Å²) in [5.74, 6) is 0.606. The van der Waals surface area contributed by atoms with E-state index in [2.05, 4.69) is 46.1 Å². The van der Waals surface area contributed by atoms with Gasteiger partial charge < -0.3 is 14.6 Å². The van der Waals surface area contributed by atoms with E-state index in [4.69, 9.17) is 9.47 Å². The van der Waals surface area contributed by atoms with Crippen LogP contribution in [0.3, 0.4) is 0 Å². The van der Waals surface area contributed by atoms with E-state index in [-0.39, 0.29) is 24.5 Å². The van der Waals surface area contributed by atoms with Gasteiger partial charge in [0.15, 0.2) is 0 Å². The van der Waals surface area contributed by atoms with E-state index in [1.54, 1.807) is 28.7 Å². The first-order chi connectivity index (χ1) is 18.3. The molecular weight excluding hydrogens is 489 g/mol. The lowest BCUT2D eigenvalue weighted by Gasteiger charge is -2.33. The SMILES string of the molecule is CCOc1nn(CCO)c2c1/C=C/c1n[nH]c3cc(F)c(cc13)-c1cnn(C)c1OC[C@@H](C)N(C(C)C)C2. The third-order valence-electron chi connectivity index (χ3n) is 6.94. The molecule has 202 valence electrons. The van der Waals surface area contributed by atoms with Gasteiger partial charge in [-0.2, -0.15) is 10.2 Å². The van der Waals surface area contributed by atoms with Crippen molar-refractivity contribution in [3.8, 4) is 22.9 Å². The number of halogens is 1. The highest BCUT2D eigenvalue weighted by atomic mass is 19.1. The minimum absolute atomic E-state index is 0.00396. The molecule has 0 radical (unpaired) electrons. The molecule has 0 spiro atoms. The topological polar surface area (TPSA) is 106 Å². The number of aliphatic hydroxyl groups is 1. The number of fused-ring (bicyclic) bond motifs is 4. The number of nitrogens with one attached hydrogen (secondary N) is 1. The Morgan fingerprint density at radius 3 is 2.82 bits per heavy atom. The molecule has 2 N–H and O–H groups in total. The molecule has 4 heterocycles. The molecule has 5 rings (SSSR count). The van der Waals surface area contributed by atoms with Gasteiger partial charge in [-0.05, 0) is 45.9 Å². The Hall–Kier alpha value is -3.70. The lowest BCUT2D eigenvalue weighted by Crippen LogP contribution is -2.42. The predicted octanol–water partition coefficient (Wildman–Crippen LogP) is 3.85. The molecule has 0 aliphatic carbocycles. The summed E-state index contributed by atoms with van der Waals surface area (Å²) in [6, 6.07) is 3.40. The standard InChI is InChI=1S/C27H34FN7O3/c1-6-37-26-18-7-8-23-20-11-19(22(28)12-24(20)31-30-23)21-13-29-33(5)27(21)38-15-17(4)34(16(2)3)14-25(18)35(32-26)9-10-36/h7-8,11-13,16-17,36H,6,9-10,14-15H2,1-5H3,(H,30,31)/b8-7+/t17-/m1/s1. The Kier molecular flexibility index (Phi) is 7.22. The summed E-state index contributed by atoms with van der Waals surface area (Å²) >= 11 is 0. The first-order valence-electron chi connectivity index (χ1n) is 12.9. The fraction of sp³-hybridized carbons (Fsp3) is 0.444. The summed E-state index contributed by atoms with van der Waals surface area (Å²) < 4.78 is 30.9. The number of nitrogens with zero attached hydrogens (tertiary/aromatic N) is 6. The molecule has 38 heavy (non-hydrogen) atoms. The number of rotatable bonds is 5. The second-order valence-electron chi connectivity index (χ2n) is 9.78. The molecule has 0 unspecified atom stereocenters.